The van der Waals surface area contributed by atoms with Crippen LogP contribution in [-0.2, 0) is 16.1 Å². The monoisotopic (exact) mass is 325 g/mol. The Labute approximate surface area is 139 Å². The van der Waals surface area contributed by atoms with Gasteiger partial charge in [0.2, 0.25) is 11.8 Å². The molecule has 0 radical (unpaired) electrons. The largest absolute Gasteiger partial charge is 0.354 e. The van der Waals surface area contributed by atoms with Crippen LogP contribution in [0.2, 0.25) is 0 Å². The molecule has 1 aliphatic heterocycles. The highest BCUT2D eigenvalue weighted by atomic mass is 16.2. The van der Waals surface area contributed by atoms with Crippen molar-refractivity contribution in [1.29, 1.82) is 0 Å². The molecule has 1 fully saturated rings. The summed E-state index contributed by atoms with van der Waals surface area (Å²) in [5, 5.41) is 2.82. The van der Waals surface area contributed by atoms with E-state index >= 15 is 0 Å². The molecule has 2 amide bonds. The zero-order chi connectivity index (χ0) is 16.9. The Kier molecular flexibility index (Phi) is 4.74. The Bertz CT molecular complexity index is 785. The number of carbonyl (C=O) groups excluding carboxylic acids is 2. The fraction of sp³-hybridized carbons (Fsp3) is 0.278. The minimum absolute atomic E-state index is 0.0112. The van der Waals surface area contributed by atoms with E-state index in [4.69, 9.17) is 0 Å². The summed E-state index contributed by atoms with van der Waals surface area (Å²) < 4.78 is 1.35. The SMILES string of the molecule is O=C(Cn1ccccc1=O)NC[C@H]1CC(=O)N(c2ccccc2)C1. The zero-order valence-corrected chi connectivity index (χ0v) is 13.2. The lowest BCUT2D eigenvalue weighted by atomic mass is 10.1. The molecule has 1 aromatic heterocycles. The van der Waals surface area contributed by atoms with Crippen molar-refractivity contribution in [2.45, 2.75) is 13.0 Å². The normalized spacial score (nSPS) is 17.1. The second kappa shape index (κ2) is 7.12. The fourth-order valence-corrected chi connectivity index (χ4v) is 2.84. The second-order valence-electron chi connectivity index (χ2n) is 5.88. The summed E-state index contributed by atoms with van der Waals surface area (Å²) >= 11 is 0. The van der Waals surface area contributed by atoms with Crippen molar-refractivity contribution in [3.63, 3.8) is 0 Å². The first-order chi connectivity index (χ1) is 11.6. The lowest BCUT2D eigenvalue weighted by molar-refractivity contribution is -0.122. The summed E-state index contributed by atoms with van der Waals surface area (Å²) in [6, 6.07) is 14.3. The Balaban J connectivity index is 1.52. The van der Waals surface area contributed by atoms with Crippen molar-refractivity contribution in [2.24, 2.45) is 5.92 Å². The number of rotatable bonds is 5. The number of hydrogen-bond acceptors (Lipinski definition) is 3. The Morgan fingerprint density at radius 3 is 2.58 bits per heavy atom. The van der Waals surface area contributed by atoms with Crippen LogP contribution in [0.1, 0.15) is 6.42 Å². The second-order valence-corrected chi connectivity index (χ2v) is 5.88. The summed E-state index contributed by atoms with van der Waals surface area (Å²) in [6.45, 7) is 1.01. The zero-order valence-electron chi connectivity index (χ0n) is 13.2. The number of carbonyl (C=O) groups is 2. The molecule has 124 valence electrons. The number of para-hydroxylation sites is 1. The molecule has 1 aromatic carbocycles. The number of nitrogens with one attached hydrogen (secondary N) is 1. The van der Waals surface area contributed by atoms with Crippen LogP contribution in [0.3, 0.4) is 0 Å². The van der Waals surface area contributed by atoms with Gasteiger partial charge in [-0.05, 0) is 18.2 Å². The van der Waals surface area contributed by atoms with Crippen LogP contribution in [0, 0.1) is 5.92 Å². The predicted molar refractivity (Wildman–Crippen MR) is 90.6 cm³/mol. The number of amides is 2. The molecule has 1 saturated heterocycles. The van der Waals surface area contributed by atoms with Crippen molar-refractivity contribution in [1.82, 2.24) is 9.88 Å². The van der Waals surface area contributed by atoms with Crippen LogP contribution in [0.25, 0.3) is 0 Å². The minimum atomic E-state index is -0.228. The quantitative estimate of drug-likeness (QED) is 0.892. The molecule has 24 heavy (non-hydrogen) atoms. The lowest BCUT2D eigenvalue weighted by Gasteiger charge is -2.17. The van der Waals surface area contributed by atoms with Gasteiger partial charge in [0, 0.05) is 43.4 Å². The number of benzene rings is 1. The fourth-order valence-electron chi connectivity index (χ4n) is 2.84. The van der Waals surface area contributed by atoms with E-state index in [1.54, 1.807) is 23.2 Å². The maximum Gasteiger partial charge on any atom is 0.250 e. The van der Waals surface area contributed by atoms with E-state index in [1.165, 1.54) is 10.6 Å². The average molecular weight is 325 g/mol. The maximum absolute atomic E-state index is 12.1. The molecule has 2 heterocycles. The van der Waals surface area contributed by atoms with E-state index in [1.807, 2.05) is 30.3 Å². The van der Waals surface area contributed by atoms with Gasteiger partial charge in [-0.3, -0.25) is 14.4 Å². The van der Waals surface area contributed by atoms with E-state index < -0.39 is 0 Å². The van der Waals surface area contributed by atoms with Crippen LogP contribution >= 0.6 is 0 Å². The molecule has 0 unspecified atom stereocenters. The van der Waals surface area contributed by atoms with Crippen LogP contribution < -0.4 is 15.8 Å². The summed E-state index contributed by atoms with van der Waals surface area (Å²) in [7, 11) is 0. The minimum Gasteiger partial charge on any atom is -0.354 e. The molecule has 0 bridgehead atoms. The molecule has 3 rings (SSSR count). The van der Waals surface area contributed by atoms with Gasteiger partial charge in [0.05, 0.1) is 0 Å². The number of anilines is 1. The first kappa shape index (κ1) is 16.0. The van der Waals surface area contributed by atoms with Gasteiger partial charge in [-0.25, -0.2) is 0 Å². The van der Waals surface area contributed by atoms with Gasteiger partial charge < -0.3 is 14.8 Å². The topological polar surface area (TPSA) is 71.4 Å². The van der Waals surface area contributed by atoms with Crippen LogP contribution in [0.5, 0.6) is 0 Å². The lowest BCUT2D eigenvalue weighted by Crippen LogP contribution is -2.35. The molecular formula is C18H19N3O3. The van der Waals surface area contributed by atoms with Gasteiger partial charge in [-0.2, -0.15) is 0 Å². The van der Waals surface area contributed by atoms with Gasteiger partial charge in [-0.1, -0.05) is 24.3 Å². The van der Waals surface area contributed by atoms with Gasteiger partial charge in [0.15, 0.2) is 0 Å². The third-order valence-electron chi connectivity index (χ3n) is 4.07. The van der Waals surface area contributed by atoms with E-state index in [0.29, 0.717) is 19.5 Å². The van der Waals surface area contributed by atoms with E-state index in [9.17, 15) is 14.4 Å². The molecule has 6 heteroatoms. The van der Waals surface area contributed by atoms with Crippen LogP contribution in [-0.4, -0.2) is 29.5 Å². The van der Waals surface area contributed by atoms with E-state index in [0.717, 1.165) is 5.69 Å². The third kappa shape index (κ3) is 3.71. The number of pyridine rings is 1. The van der Waals surface area contributed by atoms with E-state index in [2.05, 4.69) is 5.32 Å². The van der Waals surface area contributed by atoms with Crippen molar-refractivity contribution in [3.8, 4) is 0 Å². The van der Waals surface area contributed by atoms with Crippen molar-refractivity contribution < 1.29 is 9.59 Å². The molecule has 0 spiro atoms. The van der Waals surface area contributed by atoms with E-state index in [-0.39, 0.29) is 29.8 Å². The summed E-state index contributed by atoms with van der Waals surface area (Å²) in [4.78, 5) is 37.5. The summed E-state index contributed by atoms with van der Waals surface area (Å²) in [5.41, 5.74) is 0.672. The highest BCUT2D eigenvalue weighted by molar-refractivity contribution is 5.95. The third-order valence-corrected chi connectivity index (χ3v) is 4.07. The molecule has 1 aliphatic rings. The molecular weight excluding hydrogens is 306 g/mol. The van der Waals surface area contributed by atoms with Crippen molar-refractivity contribution >= 4 is 17.5 Å². The molecule has 0 saturated carbocycles. The highest BCUT2D eigenvalue weighted by Gasteiger charge is 2.30. The Morgan fingerprint density at radius 2 is 1.83 bits per heavy atom. The number of hydrogen-bond donors (Lipinski definition) is 1. The molecule has 1 atom stereocenters. The highest BCUT2D eigenvalue weighted by Crippen LogP contribution is 2.24. The van der Waals surface area contributed by atoms with Gasteiger partial charge >= 0.3 is 0 Å². The first-order valence-electron chi connectivity index (χ1n) is 7.91. The smallest absolute Gasteiger partial charge is 0.250 e. The summed E-state index contributed by atoms with van der Waals surface area (Å²) in [6.07, 6.45) is 2.00. The average Bonchev–Trinajstić information content (AvgIpc) is 2.97. The Morgan fingerprint density at radius 1 is 1.08 bits per heavy atom. The van der Waals surface area contributed by atoms with Crippen molar-refractivity contribution in [2.75, 3.05) is 18.0 Å². The molecule has 1 N–H and O–H groups in total. The predicted octanol–water partition coefficient (Wildman–Crippen LogP) is 1.02. The molecule has 2 aromatic rings. The van der Waals surface area contributed by atoms with Gasteiger partial charge in [-0.15, -0.1) is 0 Å². The Hall–Kier alpha value is -2.89. The molecule has 0 aliphatic carbocycles. The summed E-state index contributed by atoms with van der Waals surface area (Å²) in [5.74, 6) is -0.0808. The van der Waals surface area contributed by atoms with Crippen LogP contribution in [0.15, 0.2) is 59.5 Å². The van der Waals surface area contributed by atoms with Gasteiger partial charge in [0.1, 0.15) is 6.54 Å². The molecule has 6 nitrogen and oxygen atoms in total. The first-order valence-corrected chi connectivity index (χ1v) is 7.91. The van der Waals surface area contributed by atoms with Gasteiger partial charge in [0.25, 0.3) is 5.56 Å². The van der Waals surface area contributed by atoms with Crippen LogP contribution in [0.4, 0.5) is 5.69 Å². The van der Waals surface area contributed by atoms with Crippen molar-refractivity contribution in [3.05, 3.63) is 65.1 Å². The number of nitrogens with zero attached hydrogens (tertiary/aromatic N) is 2. The maximum atomic E-state index is 12.1. The number of aromatic nitrogens is 1. The standard InChI is InChI=1S/C18H19N3O3/c22-16(13-20-9-5-4-8-17(20)23)19-11-14-10-18(24)21(12-14)15-6-2-1-3-7-15/h1-9,14H,10-13H2,(H,19,22)/t14-/m1/s1.